The minimum atomic E-state index is 0.503. The van der Waals surface area contributed by atoms with Gasteiger partial charge in [-0.3, -0.25) is 4.90 Å². The van der Waals surface area contributed by atoms with Crippen LogP contribution in [0.15, 0.2) is 36.8 Å². The minimum Gasteiger partial charge on any atom is -0.494 e. The molecule has 6 heterocycles. The van der Waals surface area contributed by atoms with Crippen LogP contribution >= 0.6 is 0 Å². The highest BCUT2D eigenvalue weighted by atomic mass is 16.5. The number of rotatable bonds is 5. The van der Waals surface area contributed by atoms with Gasteiger partial charge in [0.2, 0.25) is 0 Å². The van der Waals surface area contributed by atoms with E-state index in [-0.39, 0.29) is 0 Å². The highest BCUT2D eigenvalue weighted by Crippen LogP contribution is 2.35. The van der Waals surface area contributed by atoms with Crippen LogP contribution in [0.25, 0.3) is 16.6 Å². The lowest BCUT2D eigenvalue weighted by Crippen LogP contribution is -2.53. The van der Waals surface area contributed by atoms with Crippen LogP contribution in [-0.4, -0.2) is 71.4 Å². The third kappa shape index (κ3) is 3.04. The van der Waals surface area contributed by atoms with E-state index in [4.69, 9.17) is 9.72 Å². The number of hydrogen-bond donors (Lipinski definition) is 1. The van der Waals surface area contributed by atoms with Gasteiger partial charge < -0.3 is 15.0 Å². The second-order valence-corrected chi connectivity index (χ2v) is 8.84. The highest BCUT2D eigenvalue weighted by Gasteiger charge is 2.44. The van der Waals surface area contributed by atoms with Gasteiger partial charge in [0.25, 0.3) is 0 Å². The molecule has 3 aromatic rings. The molecule has 3 aliphatic rings. The molecule has 8 nitrogen and oxygen atoms in total. The molecule has 0 aromatic carbocycles. The number of pyridine rings is 2. The third-order valence-electron chi connectivity index (χ3n) is 7.01. The SMILES string of the molecule is COc1cc(-c2ccc(N3C[C@H]4C[C@@H]3CN4CC3CNC3)nc2)cn2ncc(C#N)c12. The van der Waals surface area contributed by atoms with Crippen LogP contribution in [0.4, 0.5) is 5.82 Å². The van der Waals surface area contributed by atoms with E-state index in [0.29, 0.717) is 28.9 Å². The van der Waals surface area contributed by atoms with E-state index in [1.165, 1.54) is 26.1 Å². The van der Waals surface area contributed by atoms with Crippen molar-refractivity contribution in [3.8, 4) is 22.9 Å². The lowest BCUT2D eigenvalue weighted by atomic mass is 10.0. The van der Waals surface area contributed by atoms with Crippen LogP contribution in [0.2, 0.25) is 0 Å². The molecule has 2 atom stereocenters. The Morgan fingerprint density at radius 3 is 2.74 bits per heavy atom. The molecular weight excluding hydrogens is 390 g/mol. The van der Waals surface area contributed by atoms with Gasteiger partial charge in [-0.05, 0) is 30.5 Å². The summed E-state index contributed by atoms with van der Waals surface area (Å²) in [7, 11) is 1.61. The lowest BCUT2D eigenvalue weighted by molar-refractivity contribution is 0.171. The van der Waals surface area contributed by atoms with E-state index < -0.39 is 0 Å². The molecular formula is C23H25N7O. The maximum Gasteiger partial charge on any atom is 0.146 e. The minimum absolute atomic E-state index is 0.503. The van der Waals surface area contributed by atoms with Crippen LogP contribution in [0.1, 0.15) is 12.0 Å². The number of aromatic nitrogens is 3. The molecule has 0 spiro atoms. The van der Waals surface area contributed by atoms with Gasteiger partial charge in [0, 0.05) is 68.3 Å². The maximum absolute atomic E-state index is 9.31. The number of anilines is 1. The van der Waals surface area contributed by atoms with Crippen LogP contribution in [0.3, 0.4) is 0 Å². The summed E-state index contributed by atoms with van der Waals surface area (Å²) in [4.78, 5) is 9.96. The summed E-state index contributed by atoms with van der Waals surface area (Å²) in [5.41, 5.74) is 3.15. The number of nitrogens with zero attached hydrogens (tertiary/aromatic N) is 6. The van der Waals surface area contributed by atoms with Gasteiger partial charge in [0.1, 0.15) is 28.7 Å². The summed E-state index contributed by atoms with van der Waals surface area (Å²) >= 11 is 0. The van der Waals surface area contributed by atoms with Crippen molar-refractivity contribution in [1.29, 1.82) is 5.26 Å². The normalized spacial score (nSPS) is 23.3. The van der Waals surface area contributed by atoms with Gasteiger partial charge in [-0.15, -0.1) is 0 Å². The topological polar surface area (TPSA) is 81.7 Å². The Bertz CT molecular complexity index is 1160. The van der Waals surface area contributed by atoms with Crippen molar-refractivity contribution in [1.82, 2.24) is 24.8 Å². The molecule has 3 fully saturated rings. The molecule has 0 radical (unpaired) electrons. The largest absolute Gasteiger partial charge is 0.494 e. The van der Waals surface area contributed by atoms with Crippen molar-refractivity contribution in [2.45, 2.75) is 18.5 Å². The van der Waals surface area contributed by atoms with E-state index in [1.54, 1.807) is 17.8 Å². The van der Waals surface area contributed by atoms with E-state index in [2.05, 4.69) is 38.4 Å². The van der Waals surface area contributed by atoms with Crippen molar-refractivity contribution in [3.05, 3.63) is 42.4 Å². The first-order chi connectivity index (χ1) is 15.2. The Hall–Kier alpha value is -3.15. The number of methoxy groups -OCH3 is 1. The second kappa shape index (κ2) is 7.22. The molecule has 158 valence electrons. The number of piperazine rings is 1. The first-order valence-corrected chi connectivity index (χ1v) is 10.9. The van der Waals surface area contributed by atoms with Gasteiger partial charge in [-0.25, -0.2) is 9.50 Å². The summed E-state index contributed by atoms with van der Waals surface area (Å²) in [6.07, 6.45) is 6.66. The zero-order valence-electron chi connectivity index (χ0n) is 17.5. The monoisotopic (exact) mass is 415 g/mol. The number of ether oxygens (including phenoxy) is 1. The van der Waals surface area contributed by atoms with Crippen LogP contribution in [0, 0.1) is 17.2 Å². The van der Waals surface area contributed by atoms with E-state index >= 15 is 0 Å². The number of nitriles is 1. The summed E-state index contributed by atoms with van der Waals surface area (Å²) in [5.74, 6) is 2.52. The predicted octanol–water partition coefficient (Wildman–Crippen LogP) is 1.76. The number of nitrogens with one attached hydrogen (secondary N) is 1. The molecule has 3 saturated heterocycles. The standard InChI is InChI=1S/C23H25N7O/c1-31-21-4-17(12-30-23(21)18(6-24)10-27-30)16-2-3-22(26-9-16)29-14-19-5-20(29)13-28(19)11-15-7-25-8-15/h2-4,9-10,12,15,19-20,25H,5,7-8,11,13-14H2,1H3/t19-,20-/m1/s1. The Kier molecular flexibility index (Phi) is 4.33. The van der Waals surface area contributed by atoms with Gasteiger partial charge in [0.15, 0.2) is 0 Å². The van der Waals surface area contributed by atoms with Gasteiger partial charge in [-0.2, -0.15) is 10.4 Å². The fraction of sp³-hybridized carbons (Fsp3) is 0.435. The summed E-state index contributed by atoms with van der Waals surface area (Å²) in [5, 5.41) is 17.0. The van der Waals surface area contributed by atoms with Gasteiger partial charge in [0.05, 0.1) is 13.3 Å². The first kappa shape index (κ1) is 18.6. The smallest absolute Gasteiger partial charge is 0.146 e. The second-order valence-electron chi connectivity index (χ2n) is 8.84. The molecule has 6 rings (SSSR count). The average Bonchev–Trinajstić information content (AvgIpc) is 3.49. The molecule has 31 heavy (non-hydrogen) atoms. The first-order valence-electron chi connectivity index (χ1n) is 10.9. The molecule has 0 unspecified atom stereocenters. The summed E-state index contributed by atoms with van der Waals surface area (Å²) in [6.45, 7) is 5.81. The lowest BCUT2D eigenvalue weighted by Gasteiger charge is -2.38. The number of likely N-dealkylation sites (tertiary alicyclic amines) is 1. The molecule has 8 heteroatoms. The quantitative estimate of drug-likeness (QED) is 0.680. The molecule has 0 saturated carbocycles. The Balaban J connectivity index is 1.21. The zero-order valence-corrected chi connectivity index (χ0v) is 17.5. The van der Waals surface area contributed by atoms with Crippen molar-refractivity contribution in [2.75, 3.05) is 44.7 Å². The fourth-order valence-electron chi connectivity index (χ4n) is 5.27. The molecule has 0 amide bonds. The van der Waals surface area contributed by atoms with Crippen LogP contribution < -0.4 is 15.0 Å². The maximum atomic E-state index is 9.31. The molecule has 2 bridgehead atoms. The van der Waals surface area contributed by atoms with Crippen molar-refractivity contribution < 1.29 is 4.74 Å². The highest BCUT2D eigenvalue weighted by molar-refractivity contribution is 5.75. The van der Waals surface area contributed by atoms with E-state index in [0.717, 1.165) is 36.0 Å². The Morgan fingerprint density at radius 2 is 2.10 bits per heavy atom. The molecule has 1 N–H and O–H groups in total. The van der Waals surface area contributed by atoms with Crippen molar-refractivity contribution >= 4 is 11.3 Å². The third-order valence-corrected chi connectivity index (χ3v) is 7.01. The van der Waals surface area contributed by atoms with Gasteiger partial charge >= 0.3 is 0 Å². The summed E-state index contributed by atoms with van der Waals surface area (Å²) in [6, 6.07) is 9.58. The molecule has 0 aliphatic carbocycles. The van der Waals surface area contributed by atoms with Crippen molar-refractivity contribution in [2.24, 2.45) is 5.92 Å². The van der Waals surface area contributed by atoms with Crippen LogP contribution in [0.5, 0.6) is 5.75 Å². The van der Waals surface area contributed by atoms with Crippen molar-refractivity contribution in [3.63, 3.8) is 0 Å². The van der Waals surface area contributed by atoms with E-state index in [9.17, 15) is 5.26 Å². The number of fused-ring (bicyclic) bond motifs is 3. The zero-order chi connectivity index (χ0) is 20.9. The summed E-state index contributed by atoms with van der Waals surface area (Å²) < 4.78 is 7.23. The average molecular weight is 416 g/mol. The fourth-order valence-corrected chi connectivity index (χ4v) is 5.27. The van der Waals surface area contributed by atoms with Gasteiger partial charge in [-0.1, -0.05) is 0 Å². The Labute approximate surface area is 181 Å². The molecule has 3 aliphatic heterocycles. The predicted molar refractivity (Wildman–Crippen MR) is 117 cm³/mol. The van der Waals surface area contributed by atoms with E-state index in [1.807, 2.05) is 18.5 Å². The Morgan fingerprint density at radius 1 is 1.19 bits per heavy atom. The molecule has 3 aromatic heterocycles. The number of hydrogen-bond acceptors (Lipinski definition) is 7. The van der Waals surface area contributed by atoms with Crippen LogP contribution in [-0.2, 0) is 0 Å².